The lowest BCUT2D eigenvalue weighted by Gasteiger charge is -2.31. The van der Waals surface area contributed by atoms with Gasteiger partial charge in [-0.2, -0.15) is 0 Å². The number of nitrogens with one attached hydrogen (secondary N) is 1. The van der Waals surface area contributed by atoms with Crippen LogP contribution in [-0.4, -0.2) is 49.1 Å². The first-order chi connectivity index (χ1) is 12.8. The van der Waals surface area contributed by atoms with Crippen LogP contribution in [0.2, 0.25) is 0 Å². The van der Waals surface area contributed by atoms with Crippen LogP contribution in [0, 0.1) is 17.2 Å². The molecule has 1 aromatic rings. The van der Waals surface area contributed by atoms with Crippen molar-refractivity contribution in [3.8, 4) is 0 Å². The minimum Gasteiger partial charge on any atom is -0.378 e. The number of carbonyl (C=O) groups excluding carboxylic acids is 2. The molecule has 1 aromatic carbocycles. The maximum atomic E-state index is 13.4. The second-order valence-electron chi connectivity index (χ2n) is 8.59. The molecule has 3 rings (SSSR count). The quantitative estimate of drug-likeness (QED) is 0.882. The number of rotatable bonds is 3. The lowest BCUT2D eigenvalue weighted by atomic mass is 9.88. The van der Waals surface area contributed by atoms with Crippen molar-refractivity contribution in [3.05, 3.63) is 35.6 Å². The van der Waals surface area contributed by atoms with Gasteiger partial charge in [-0.3, -0.25) is 9.59 Å². The lowest BCUT2D eigenvalue weighted by molar-refractivity contribution is -0.140. The van der Waals surface area contributed by atoms with Gasteiger partial charge < -0.3 is 15.0 Å². The molecule has 0 aromatic heterocycles. The van der Waals surface area contributed by atoms with Gasteiger partial charge in [0, 0.05) is 30.5 Å². The van der Waals surface area contributed by atoms with Crippen LogP contribution in [0.4, 0.5) is 4.39 Å². The van der Waals surface area contributed by atoms with E-state index in [0.29, 0.717) is 39.1 Å². The van der Waals surface area contributed by atoms with Crippen molar-refractivity contribution in [1.82, 2.24) is 10.2 Å². The molecule has 1 aliphatic heterocycles. The molecule has 2 fully saturated rings. The van der Waals surface area contributed by atoms with Crippen LogP contribution in [0.3, 0.4) is 0 Å². The highest BCUT2D eigenvalue weighted by Crippen LogP contribution is 2.41. The van der Waals surface area contributed by atoms with Crippen molar-refractivity contribution in [3.63, 3.8) is 0 Å². The van der Waals surface area contributed by atoms with Crippen molar-refractivity contribution in [1.29, 1.82) is 0 Å². The molecule has 1 saturated carbocycles. The monoisotopic (exact) mass is 376 g/mol. The molecule has 1 heterocycles. The normalized spacial score (nSPS) is 26.1. The number of benzene rings is 1. The Balaban J connectivity index is 1.79. The first-order valence-corrected chi connectivity index (χ1v) is 9.68. The summed E-state index contributed by atoms with van der Waals surface area (Å²) in [6.45, 7) is 7.96. The Morgan fingerprint density at radius 3 is 2.33 bits per heavy atom. The Morgan fingerprint density at radius 2 is 1.74 bits per heavy atom. The predicted molar refractivity (Wildman–Crippen MR) is 101 cm³/mol. The number of nitrogens with zero attached hydrogens (tertiary/aromatic N) is 1. The number of hydrogen-bond donors (Lipinski definition) is 1. The standard InChI is InChI=1S/C21H29FN2O3/c1-21(2,3)20(26)23-16-12-17(14-4-6-15(22)7-5-14)18(13-16)19(25)24-8-10-27-11-9-24/h4-7,16-18H,8-13H2,1-3H3,(H,23,26)/t16-,17+,18-/m0/s1. The fraction of sp³-hybridized carbons (Fsp3) is 0.619. The summed E-state index contributed by atoms with van der Waals surface area (Å²) in [5.41, 5.74) is 0.480. The van der Waals surface area contributed by atoms with Gasteiger partial charge in [-0.1, -0.05) is 32.9 Å². The van der Waals surface area contributed by atoms with E-state index in [1.165, 1.54) is 12.1 Å². The molecule has 0 radical (unpaired) electrons. The van der Waals surface area contributed by atoms with Gasteiger partial charge in [-0.15, -0.1) is 0 Å². The smallest absolute Gasteiger partial charge is 0.226 e. The van der Waals surface area contributed by atoms with Gasteiger partial charge in [0.2, 0.25) is 11.8 Å². The summed E-state index contributed by atoms with van der Waals surface area (Å²) in [5.74, 6) is -0.416. The molecular weight excluding hydrogens is 347 g/mol. The number of carbonyl (C=O) groups is 2. The third-order valence-electron chi connectivity index (χ3n) is 5.52. The second-order valence-corrected chi connectivity index (χ2v) is 8.59. The molecule has 1 saturated heterocycles. The zero-order valence-electron chi connectivity index (χ0n) is 16.3. The van der Waals surface area contributed by atoms with Crippen molar-refractivity contribution < 1.29 is 18.7 Å². The third-order valence-corrected chi connectivity index (χ3v) is 5.52. The molecule has 148 valence electrons. The molecule has 0 bridgehead atoms. The zero-order chi connectivity index (χ0) is 19.6. The summed E-state index contributed by atoms with van der Waals surface area (Å²) >= 11 is 0. The van der Waals surface area contributed by atoms with Gasteiger partial charge >= 0.3 is 0 Å². The van der Waals surface area contributed by atoms with Crippen LogP contribution in [0.25, 0.3) is 0 Å². The number of amides is 2. The Labute approximate surface area is 160 Å². The van der Waals surface area contributed by atoms with E-state index in [-0.39, 0.29) is 35.5 Å². The lowest BCUT2D eigenvalue weighted by Crippen LogP contribution is -2.45. The number of morpholine rings is 1. The van der Waals surface area contributed by atoms with Gasteiger partial charge in [-0.25, -0.2) is 4.39 Å². The predicted octanol–water partition coefficient (Wildman–Crippen LogP) is 2.71. The van der Waals surface area contributed by atoms with Crippen LogP contribution in [-0.2, 0) is 14.3 Å². The summed E-state index contributed by atoms with van der Waals surface area (Å²) < 4.78 is 18.7. The highest BCUT2D eigenvalue weighted by atomic mass is 19.1. The van der Waals surface area contributed by atoms with E-state index < -0.39 is 5.41 Å². The van der Waals surface area contributed by atoms with Crippen molar-refractivity contribution in [2.45, 2.75) is 45.6 Å². The maximum absolute atomic E-state index is 13.4. The molecule has 0 spiro atoms. The van der Waals surface area contributed by atoms with Crippen LogP contribution in [0.1, 0.15) is 45.1 Å². The van der Waals surface area contributed by atoms with Crippen molar-refractivity contribution in [2.75, 3.05) is 26.3 Å². The van der Waals surface area contributed by atoms with Gasteiger partial charge in [0.05, 0.1) is 13.2 Å². The van der Waals surface area contributed by atoms with E-state index in [9.17, 15) is 14.0 Å². The molecule has 0 unspecified atom stereocenters. The molecule has 3 atom stereocenters. The van der Waals surface area contributed by atoms with Gasteiger partial charge in [0.25, 0.3) is 0 Å². The molecule has 6 heteroatoms. The number of halogens is 1. The summed E-state index contributed by atoms with van der Waals surface area (Å²) in [4.78, 5) is 27.4. The number of hydrogen-bond acceptors (Lipinski definition) is 3. The Bertz CT molecular complexity index is 678. The Morgan fingerprint density at radius 1 is 1.11 bits per heavy atom. The van der Waals surface area contributed by atoms with Crippen molar-refractivity contribution >= 4 is 11.8 Å². The molecule has 27 heavy (non-hydrogen) atoms. The SMILES string of the molecule is CC(C)(C)C(=O)N[C@@H]1C[C@H](C(=O)N2CCOCC2)[C@@H](c2ccc(F)cc2)C1. The minimum atomic E-state index is -0.475. The topological polar surface area (TPSA) is 58.6 Å². The van der Waals surface area contributed by atoms with Gasteiger partial charge in [0.15, 0.2) is 0 Å². The second kappa shape index (κ2) is 7.97. The fourth-order valence-electron chi connectivity index (χ4n) is 3.93. The summed E-state index contributed by atoms with van der Waals surface area (Å²) in [6.07, 6.45) is 1.30. The first-order valence-electron chi connectivity index (χ1n) is 9.68. The molecule has 5 nitrogen and oxygen atoms in total. The molecule has 1 N–H and O–H groups in total. The highest BCUT2D eigenvalue weighted by molar-refractivity contribution is 5.83. The average Bonchev–Trinajstić information content (AvgIpc) is 3.05. The Kier molecular flexibility index (Phi) is 5.84. The fourth-order valence-corrected chi connectivity index (χ4v) is 3.93. The van der Waals surface area contributed by atoms with Crippen molar-refractivity contribution in [2.24, 2.45) is 11.3 Å². The zero-order valence-corrected chi connectivity index (χ0v) is 16.3. The highest BCUT2D eigenvalue weighted by Gasteiger charge is 2.42. The van der Waals surface area contributed by atoms with Crippen LogP contribution in [0.15, 0.2) is 24.3 Å². The maximum Gasteiger partial charge on any atom is 0.226 e. The van der Waals surface area contributed by atoms with E-state index in [0.717, 1.165) is 5.56 Å². The van der Waals surface area contributed by atoms with E-state index >= 15 is 0 Å². The van der Waals surface area contributed by atoms with E-state index in [1.54, 1.807) is 12.1 Å². The van der Waals surface area contributed by atoms with Gasteiger partial charge in [-0.05, 0) is 36.5 Å². The third kappa shape index (κ3) is 4.67. The minimum absolute atomic E-state index is 0.00942. The van der Waals surface area contributed by atoms with E-state index in [1.807, 2.05) is 25.7 Å². The van der Waals surface area contributed by atoms with E-state index in [2.05, 4.69) is 5.32 Å². The molecule has 2 aliphatic rings. The van der Waals surface area contributed by atoms with Crippen LogP contribution < -0.4 is 5.32 Å². The first kappa shape index (κ1) is 19.8. The molecule has 1 aliphatic carbocycles. The van der Waals surface area contributed by atoms with Crippen LogP contribution in [0.5, 0.6) is 0 Å². The van der Waals surface area contributed by atoms with Crippen LogP contribution >= 0.6 is 0 Å². The summed E-state index contributed by atoms with van der Waals surface area (Å²) in [7, 11) is 0. The van der Waals surface area contributed by atoms with Gasteiger partial charge in [0.1, 0.15) is 5.82 Å². The molecule has 2 amide bonds. The van der Waals surface area contributed by atoms with E-state index in [4.69, 9.17) is 4.74 Å². The summed E-state index contributed by atoms with van der Waals surface area (Å²) in [5, 5.41) is 3.11. The Hall–Kier alpha value is -1.95. The molecular formula is C21H29FN2O3. The number of ether oxygens (including phenoxy) is 1. The average molecular weight is 376 g/mol. The summed E-state index contributed by atoms with van der Waals surface area (Å²) in [6, 6.07) is 6.34. The largest absolute Gasteiger partial charge is 0.378 e.